The number of benzene rings is 2. The van der Waals surface area contributed by atoms with Crippen molar-refractivity contribution < 1.29 is 14.4 Å². The maximum atomic E-state index is 13.0. The highest BCUT2D eigenvalue weighted by Crippen LogP contribution is 2.59. The lowest BCUT2D eigenvalue weighted by molar-refractivity contribution is -0.118. The number of piperidine rings is 1. The predicted molar refractivity (Wildman–Crippen MR) is 127 cm³/mol. The SMILES string of the molecule is Cc1ccc(C)c(C(=O)N2CCC3(CC2)CC3C(=O)Nc2cccc(N3CCNC3=O)c2)c1. The molecule has 7 nitrogen and oxygen atoms in total. The van der Waals surface area contributed by atoms with Gasteiger partial charge in [-0.05, 0) is 68.4 Å². The smallest absolute Gasteiger partial charge is 0.321 e. The summed E-state index contributed by atoms with van der Waals surface area (Å²) in [5, 5.41) is 5.84. The van der Waals surface area contributed by atoms with Gasteiger partial charge in [-0.3, -0.25) is 14.5 Å². The number of urea groups is 1. The second-order valence-electron chi connectivity index (χ2n) is 9.65. The van der Waals surface area contributed by atoms with E-state index in [2.05, 4.69) is 10.6 Å². The van der Waals surface area contributed by atoms with Gasteiger partial charge in [-0.1, -0.05) is 23.8 Å². The molecule has 0 aromatic heterocycles. The van der Waals surface area contributed by atoms with Crippen molar-refractivity contribution in [3.8, 4) is 0 Å². The van der Waals surface area contributed by atoms with E-state index in [9.17, 15) is 14.4 Å². The molecule has 7 heteroatoms. The van der Waals surface area contributed by atoms with Gasteiger partial charge >= 0.3 is 6.03 Å². The van der Waals surface area contributed by atoms with Crippen LogP contribution >= 0.6 is 0 Å². The zero-order valence-corrected chi connectivity index (χ0v) is 19.2. The minimum Gasteiger partial charge on any atom is -0.339 e. The third kappa shape index (κ3) is 4.08. The van der Waals surface area contributed by atoms with Crippen LogP contribution in [-0.4, -0.2) is 48.9 Å². The van der Waals surface area contributed by atoms with Gasteiger partial charge in [0.2, 0.25) is 5.91 Å². The number of hydrogen-bond donors (Lipinski definition) is 2. The molecule has 2 aromatic rings. The average Bonchev–Trinajstić information content (AvgIpc) is 3.33. The first kappa shape index (κ1) is 21.5. The second-order valence-corrected chi connectivity index (χ2v) is 9.65. The summed E-state index contributed by atoms with van der Waals surface area (Å²) < 4.78 is 0. The summed E-state index contributed by atoms with van der Waals surface area (Å²) in [6, 6.07) is 13.3. The second kappa shape index (κ2) is 8.21. The Balaban J connectivity index is 1.19. The van der Waals surface area contributed by atoms with E-state index in [-0.39, 0.29) is 29.2 Å². The molecule has 1 aliphatic carbocycles. The monoisotopic (exact) mass is 446 g/mol. The Morgan fingerprint density at radius 1 is 1.06 bits per heavy atom. The first-order valence-corrected chi connectivity index (χ1v) is 11.7. The lowest BCUT2D eigenvalue weighted by atomic mass is 9.90. The van der Waals surface area contributed by atoms with Gasteiger partial charge in [0, 0.05) is 49.0 Å². The lowest BCUT2D eigenvalue weighted by Gasteiger charge is -2.33. The zero-order chi connectivity index (χ0) is 23.2. The minimum atomic E-state index is -0.109. The summed E-state index contributed by atoms with van der Waals surface area (Å²) in [5.74, 6) is 0.108. The molecule has 2 aromatic carbocycles. The highest BCUT2D eigenvalue weighted by atomic mass is 16.2. The molecule has 1 spiro atoms. The van der Waals surface area contributed by atoms with Crippen LogP contribution in [0.1, 0.15) is 40.7 Å². The van der Waals surface area contributed by atoms with Crippen molar-refractivity contribution in [1.29, 1.82) is 0 Å². The Bertz CT molecular complexity index is 1120. The van der Waals surface area contributed by atoms with E-state index in [4.69, 9.17) is 0 Å². The van der Waals surface area contributed by atoms with Crippen molar-refractivity contribution >= 4 is 29.2 Å². The summed E-state index contributed by atoms with van der Waals surface area (Å²) in [4.78, 5) is 41.6. The molecule has 2 aliphatic heterocycles. The number of nitrogens with one attached hydrogen (secondary N) is 2. The minimum absolute atomic E-state index is 0.00889. The molecule has 4 amide bonds. The standard InChI is InChI=1S/C26H30N4O3/c1-17-6-7-18(2)21(14-17)24(32)29-11-8-26(9-12-29)16-22(26)23(31)28-19-4-3-5-20(15-19)30-13-10-27-25(30)33/h3-7,14-15,22H,8-13,16H2,1-2H3,(H,27,33)(H,28,31). The Morgan fingerprint density at radius 2 is 1.85 bits per heavy atom. The van der Waals surface area contributed by atoms with Crippen molar-refractivity contribution in [2.75, 3.05) is 36.4 Å². The normalized spacial score (nSPS) is 21.2. The van der Waals surface area contributed by atoms with Crippen LogP contribution in [0.15, 0.2) is 42.5 Å². The molecule has 2 N–H and O–H groups in total. The van der Waals surface area contributed by atoms with Crippen LogP contribution in [0.25, 0.3) is 0 Å². The molecule has 1 unspecified atom stereocenters. The van der Waals surface area contributed by atoms with Crippen LogP contribution in [0.2, 0.25) is 0 Å². The number of rotatable bonds is 4. The summed E-state index contributed by atoms with van der Waals surface area (Å²) in [6.07, 6.45) is 2.59. The molecule has 1 saturated carbocycles. The summed E-state index contributed by atoms with van der Waals surface area (Å²) in [6.45, 7) is 6.61. The van der Waals surface area contributed by atoms with Gasteiger partial charge in [-0.15, -0.1) is 0 Å². The fraction of sp³-hybridized carbons (Fsp3) is 0.423. The Kier molecular flexibility index (Phi) is 5.35. The molecule has 5 rings (SSSR count). The van der Waals surface area contributed by atoms with Crippen molar-refractivity contribution in [3.63, 3.8) is 0 Å². The van der Waals surface area contributed by atoms with Crippen LogP contribution in [0.3, 0.4) is 0 Å². The maximum absolute atomic E-state index is 13.0. The van der Waals surface area contributed by atoms with Gasteiger partial charge in [0.1, 0.15) is 0 Å². The molecule has 3 aliphatic rings. The van der Waals surface area contributed by atoms with E-state index in [0.717, 1.165) is 41.6 Å². The average molecular weight is 447 g/mol. The molecule has 3 fully saturated rings. The van der Waals surface area contributed by atoms with E-state index in [1.807, 2.05) is 61.2 Å². The van der Waals surface area contributed by atoms with Crippen molar-refractivity contribution in [2.45, 2.75) is 33.1 Å². The molecule has 0 bridgehead atoms. The topological polar surface area (TPSA) is 81.8 Å². The van der Waals surface area contributed by atoms with Gasteiger partial charge in [0.25, 0.3) is 5.91 Å². The van der Waals surface area contributed by atoms with Crippen LogP contribution in [0.5, 0.6) is 0 Å². The van der Waals surface area contributed by atoms with Gasteiger partial charge < -0.3 is 15.5 Å². The molecule has 172 valence electrons. The van der Waals surface area contributed by atoms with Gasteiger partial charge in [-0.2, -0.15) is 0 Å². The first-order chi connectivity index (χ1) is 15.9. The number of hydrogen-bond acceptors (Lipinski definition) is 3. The third-order valence-corrected chi connectivity index (χ3v) is 7.46. The van der Waals surface area contributed by atoms with Crippen LogP contribution in [0.4, 0.5) is 16.2 Å². The van der Waals surface area contributed by atoms with Crippen LogP contribution in [-0.2, 0) is 4.79 Å². The van der Waals surface area contributed by atoms with Crippen molar-refractivity contribution in [3.05, 3.63) is 59.2 Å². The molecular formula is C26H30N4O3. The molecule has 33 heavy (non-hydrogen) atoms. The summed E-state index contributed by atoms with van der Waals surface area (Å²) >= 11 is 0. The number of amides is 4. The third-order valence-electron chi connectivity index (χ3n) is 7.46. The zero-order valence-electron chi connectivity index (χ0n) is 19.2. The van der Waals surface area contributed by atoms with Crippen LogP contribution in [0, 0.1) is 25.2 Å². The largest absolute Gasteiger partial charge is 0.339 e. The van der Waals surface area contributed by atoms with E-state index in [1.54, 1.807) is 4.90 Å². The Hall–Kier alpha value is -3.35. The number of likely N-dealkylation sites (tertiary alicyclic amines) is 1. The van der Waals surface area contributed by atoms with Gasteiger partial charge in [0.15, 0.2) is 0 Å². The number of carbonyl (C=O) groups is 3. The quantitative estimate of drug-likeness (QED) is 0.751. The molecular weight excluding hydrogens is 416 g/mol. The van der Waals surface area contributed by atoms with Crippen molar-refractivity contribution in [2.24, 2.45) is 11.3 Å². The number of aryl methyl sites for hydroxylation is 2. The molecule has 2 saturated heterocycles. The highest BCUT2D eigenvalue weighted by molar-refractivity contribution is 5.98. The van der Waals surface area contributed by atoms with Crippen molar-refractivity contribution in [1.82, 2.24) is 10.2 Å². The maximum Gasteiger partial charge on any atom is 0.321 e. The fourth-order valence-electron chi connectivity index (χ4n) is 5.26. The van der Waals surface area contributed by atoms with E-state index in [0.29, 0.717) is 31.9 Å². The number of nitrogens with zero attached hydrogens (tertiary/aromatic N) is 2. The molecule has 2 heterocycles. The highest BCUT2D eigenvalue weighted by Gasteiger charge is 2.58. The van der Waals surface area contributed by atoms with E-state index >= 15 is 0 Å². The predicted octanol–water partition coefficient (Wildman–Crippen LogP) is 3.71. The number of carbonyl (C=O) groups excluding carboxylic acids is 3. The lowest BCUT2D eigenvalue weighted by Crippen LogP contribution is -2.40. The van der Waals surface area contributed by atoms with Gasteiger partial charge in [0.05, 0.1) is 0 Å². The molecule has 1 atom stereocenters. The summed E-state index contributed by atoms with van der Waals surface area (Å²) in [7, 11) is 0. The van der Waals surface area contributed by atoms with Crippen LogP contribution < -0.4 is 15.5 Å². The summed E-state index contributed by atoms with van der Waals surface area (Å²) in [5.41, 5.74) is 4.37. The first-order valence-electron chi connectivity index (χ1n) is 11.7. The fourth-order valence-corrected chi connectivity index (χ4v) is 5.26. The molecule has 0 radical (unpaired) electrons. The Labute approximate surface area is 194 Å². The Morgan fingerprint density at radius 3 is 2.58 bits per heavy atom. The van der Waals surface area contributed by atoms with Gasteiger partial charge in [-0.25, -0.2) is 4.79 Å². The van der Waals surface area contributed by atoms with E-state index in [1.165, 1.54) is 0 Å². The van der Waals surface area contributed by atoms with E-state index < -0.39 is 0 Å². The number of anilines is 2.